The van der Waals surface area contributed by atoms with Crippen molar-refractivity contribution in [3.8, 4) is 0 Å². The summed E-state index contributed by atoms with van der Waals surface area (Å²) < 4.78 is 6.51. The van der Waals surface area contributed by atoms with Crippen LogP contribution < -0.4 is 10.9 Å². The third-order valence-electron chi connectivity index (χ3n) is 4.07. The summed E-state index contributed by atoms with van der Waals surface area (Å²) >= 11 is 0. The predicted octanol–water partition coefficient (Wildman–Crippen LogP) is 2.86. The van der Waals surface area contributed by atoms with Gasteiger partial charge in [0.05, 0.1) is 18.6 Å². The van der Waals surface area contributed by atoms with Gasteiger partial charge in [0.25, 0.3) is 11.5 Å². The number of esters is 1. The Morgan fingerprint density at radius 1 is 1.14 bits per heavy atom. The summed E-state index contributed by atoms with van der Waals surface area (Å²) in [5.41, 5.74) is 0.676. The quantitative estimate of drug-likeness (QED) is 0.670. The lowest BCUT2D eigenvalue weighted by Crippen LogP contribution is -2.33. The molecule has 0 aliphatic heterocycles. The van der Waals surface area contributed by atoms with Crippen LogP contribution in [0.5, 0.6) is 0 Å². The van der Waals surface area contributed by atoms with Crippen molar-refractivity contribution in [3.63, 3.8) is 0 Å². The molecule has 7 nitrogen and oxygen atoms in total. The van der Waals surface area contributed by atoms with Crippen LogP contribution in [0.1, 0.15) is 62.1 Å². The first-order chi connectivity index (χ1) is 13.4. The molecule has 1 aromatic heterocycles. The molecule has 0 aliphatic carbocycles. The lowest BCUT2D eigenvalue weighted by molar-refractivity contribution is -0.147. The summed E-state index contributed by atoms with van der Waals surface area (Å²) in [4.78, 5) is 36.8. The molecule has 2 rings (SSSR count). The molecule has 28 heavy (non-hydrogen) atoms. The van der Waals surface area contributed by atoms with Crippen molar-refractivity contribution in [1.82, 2.24) is 15.1 Å². The minimum absolute atomic E-state index is 0.00338. The standard InChI is InChI=1S/C21H27N3O4/c1-4-5-13-24-19(25)12-11-17(23-24)21(27)22-18(14-20(26)28-15(2)3)16-9-7-6-8-10-16/h6-12,15,18H,4-5,13-14H2,1-3H3,(H,22,27). The number of nitrogens with one attached hydrogen (secondary N) is 1. The molecule has 1 N–H and O–H groups in total. The highest BCUT2D eigenvalue weighted by Crippen LogP contribution is 2.18. The minimum Gasteiger partial charge on any atom is -0.463 e. The second kappa shape index (κ2) is 10.4. The highest BCUT2D eigenvalue weighted by Gasteiger charge is 2.21. The number of aromatic nitrogens is 2. The Morgan fingerprint density at radius 2 is 1.86 bits per heavy atom. The van der Waals surface area contributed by atoms with Crippen LogP contribution in [0.25, 0.3) is 0 Å². The van der Waals surface area contributed by atoms with Crippen LogP contribution in [0.15, 0.2) is 47.3 Å². The molecule has 1 atom stereocenters. The van der Waals surface area contributed by atoms with Crippen LogP contribution in [-0.2, 0) is 16.1 Å². The number of ether oxygens (including phenoxy) is 1. The van der Waals surface area contributed by atoms with E-state index in [0.717, 1.165) is 18.4 Å². The molecule has 0 spiro atoms. The van der Waals surface area contributed by atoms with E-state index in [1.54, 1.807) is 13.8 Å². The van der Waals surface area contributed by atoms with Crippen molar-refractivity contribution in [2.45, 2.75) is 58.7 Å². The van der Waals surface area contributed by atoms with Crippen LogP contribution in [0, 0.1) is 0 Å². The summed E-state index contributed by atoms with van der Waals surface area (Å²) in [6.45, 7) is 6.02. The number of amides is 1. The van der Waals surface area contributed by atoms with E-state index in [2.05, 4.69) is 10.4 Å². The number of rotatable bonds is 9. The summed E-state index contributed by atoms with van der Waals surface area (Å²) in [7, 11) is 0. The molecule has 0 saturated carbocycles. The monoisotopic (exact) mass is 385 g/mol. The van der Waals surface area contributed by atoms with E-state index in [9.17, 15) is 14.4 Å². The van der Waals surface area contributed by atoms with E-state index in [1.165, 1.54) is 16.8 Å². The van der Waals surface area contributed by atoms with Crippen LogP contribution in [0.2, 0.25) is 0 Å². The van der Waals surface area contributed by atoms with Gasteiger partial charge in [-0.1, -0.05) is 43.7 Å². The average molecular weight is 385 g/mol. The van der Waals surface area contributed by atoms with Gasteiger partial charge in [0.1, 0.15) is 5.69 Å². The number of carbonyl (C=O) groups excluding carboxylic acids is 2. The molecule has 0 radical (unpaired) electrons. The zero-order chi connectivity index (χ0) is 20.5. The Hall–Kier alpha value is -2.96. The van der Waals surface area contributed by atoms with Gasteiger partial charge in [-0.25, -0.2) is 4.68 Å². The third-order valence-corrected chi connectivity index (χ3v) is 4.07. The van der Waals surface area contributed by atoms with Gasteiger partial charge < -0.3 is 10.1 Å². The number of hydrogen-bond donors (Lipinski definition) is 1. The van der Waals surface area contributed by atoms with Gasteiger partial charge >= 0.3 is 5.97 Å². The molecule has 2 aromatic rings. The first-order valence-electron chi connectivity index (χ1n) is 9.54. The van der Waals surface area contributed by atoms with E-state index in [0.29, 0.717) is 6.54 Å². The van der Waals surface area contributed by atoms with Crippen LogP contribution in [-0.4, -0.2) is 27.8 Å². The number of hydrogen-bond acceptors (Lipinski definition) is 5. The van der Waals surface area contributed by atoms with Gasteiger partial charge in [-0.05, 0) is 31.9 Å². The van der Waals surface area contributed by atoms with Gasteiger partial charge in [-0.2, -0.15) is 5.10 Å². The highest BCUT2D eigenvalue weighted by atomic mass is 16.5. The molecule has 1 amide bonds. The summed E-state index contributed by atoms with van der Waals surface area (Å²) in [5, 5.41) is 7.00. The minimum atomic E-state index is -0.558. The fourth-order valence-corrected chi connectivity index (χ4v) is 2.69. The molecule has 7 heteroatoms. The molecular formula is C21H27N3O4. The van der Waals surface area contributed by atoms with Crippen molar-refractivity contribution >= 4 is 11.9 Å². The zero-order valence-electron chi connectivity index (χ0n) is 16.6. The Morgan fingerprint density at radius 3 is 2.50 bits per heavy atom. The van der Waals surface area contributed by atoms with Gasteiger partial charge in [-0.3, -0.25) is 14.4 Å². The van der Waals surface area contributed by atoms with Crippen molar-refractivity contribution in [1.29, 1.82) is 0 Å². The van der Waals surface area contributed by atoms with Crippen LogP contribution in [0.3, 0.4) is 0 Å². The van der Waals surface area contributed by atoms with Crippen LogP contribution in [0.4, 0.5) is 0 Å². The molecule has 1 heterocycles. The molecule has 0 bridgehead atoms. The van der Waals surface area contributed by atoms with Crippen molar-refractivity contribution in [2.75, 3.05) is 0 Å². The first-order valence-corrected chi connectivity index (χ1v) is 9.54. The largest absolute Gasteiger partial charge is 0.463 e. The fourth-order valence-electron chi connectivity index (χ4n) is 2.69. The average Bonchev–Trinajstić information content (AvgIpc) is 2.66. The van der Waals surface area contributed by atoms with Gasteiger partial charge in [-0.15, -0.1) is 0 Å². The van der Waals surface area contributed by atoms with E-state index in [1.807, 2.05) is 37.3 Å². The summed E-state index contributed by atoms with van der Waals surface area (Å²) in [6.07, 6.45) is 1.48. The highest BCUT2D eigenvalue weighted by molar-refractivity contribution is 5.92. The fraction of sp³-hybridized carbons (Fsp3) is 0.429. The van der Waals surface area contributed by atoms with Gasteiger partial charge in [0.2, 0.25) is 0 Å². The molecule has 0 fully saturated rings. The number of aryl methyl sites for hydroxylation is 1. The molecule has 0 aliphatic rings. The Labute approximate surface area is 164 Å². The SMILES string of the molecule is CCCCn1nc(C(=O)NC(CC(=O)OC(C)C)c2ccccc2)ccc1=O. The molecule has 1 aromatic carbocycles. The number of benzene rings is 1. The lowest BCUT2D eigenvalue weighted by atomic mass is 10.0. The van der Waals surface area contributed by atoms with E-state index in [-0.39, 0.29) is 23.8 Å². The third kappa shape index (κ3) is 6.33. The second-order valence-corrected chi connectivity index (χ2v) is 6.81. The molecule has 1 unspecified atom stereocenters. The smallest absolute Gasteiger partial charge is 0.308 e. The van der Waals surface area contributed by atoms with E-state index < -0.39 is 17.9 Å². The first kappa shape index (κ1) is 21.3. The Kier molecular flexibility index (Phi) is 7.92. The predicted molar refractivity (Wildman–Crippen MR) is 106 cm³/mol. The molecule has 0 saturated heterocycles. The van der Waals surface area contributed by atoms with E-state index >= 15 is 0 Å². The molecule has 150 valence electrons. The van der Waals surface area contributed by atoms with Gasteiger partial charge in [0.15, 0.2) is 0 Å². The number of nitrogens with zero attached hydrogens (tertiary/aromatic N) is 2. The summed E-state index contributed by atoms with van der Waals surface area (Å²) in [5.74, 6) is -0.846. The second-order valence-electron chi connectivity index (χ2n) is 6.81. The summed E-state index contributed by atoms with van der Waals surface area (Å²) in [6, 6.07) is 11.4. The van der Waals surface area contributed by atoms with E-state index in [4.69, 9.17) is 4.74 Å². The van der Waals surface area contributed by atoms with Crippen molar-refractivity contribution in [3.05, 3.63) is 64.1 Å². The van der Waals surface area contributed by atoms with Crippen LogP contribution >= 0.6 is 0 Å². The topological polar surface area (TPSA) is 90.3 Å². The van der Waals surface area contributed by atoms with Gasteiger partial charge in [0, 0.05) is 12.6 Å². The van der Waals surface area contributed by atoms with Crippen molar-refractivity contribution in [2.24, 2.45) is 0 Å². The maximum absolute atomic E-state index is 12.7. The zero-order valence-corrected chi connectivity index (χ0v) is 16.6. The maximum Gasteiger partial charge on any atom is 0.308 e. The lowest BCUT2D eigenvalue weighted by Gasteiger charge is -2.19. The number of unbranched alkanes of at least 4 members (excludes halogenated alkanes) is 1. The number of carbonyl (C=O) groups is 2. The normalized spacial score (nSPS) is 11.9. The Balaban J connectivity index is 2.20. The maximum atomic E-state index is 12.7. The van der Waals surface area contributed by atoms with Crippen molar-refractivity contribution < 1.29 is 14.3 Å². The molecular weight excluding hydrogens is 358 g/mol. The Bertz CT molecular complexity index is 846.